The van der Waals surface area contributed by atoms with E-state index in [2.05, 4.69) is 19.9 Å². The molecule has 0 aromatic rings. The Kier molecular flexibility index (Phi) is 16.9. The molecule has 3 saturated carbocycles. The Hall–Kier alpha value is 0.623. The number of rotatable bonds is 3. The first-order chi connectivity index (χ1) is 10.3. The van der Waals surface area contributed by atoms with E-state index >= 15 is 0 Å². The zero-order chi connectivity index (χ0) is 15.2. The Labute approximate surface area is 160 Å². The summed E-state index contributed by atoms with van der Waals surface area (Å²) in [4.78, 5) is 0. The standard InChI is InChI=1S/C11H18.2C5H10.Zr/c1-3-4-5-8-11-9-6-7-10(11)2;2*1-2-4-5-3-1;/h10H,2-7,9H2,1H3;2*1-5H2;/q-2;;;+4. The third-order valence-corrected chi connectivity index (χ3v) is 4.87. The van der Waals surface area contributed by atoms with Gasteiger partial charge in [-0.3, -0.25) is 5.57 Å². The van der Waals surface area contributed by atoms with Crippen LogP contribution in [0.2, 0.25) is 0 Å². The van der Waals surface area contributed by atoms with E-state index in [0.717, 1.165) is 6.42 Å². The monoisotopic (exact) mass is 380 g/mol. The molecule has 0 nitrogen and oxygen atoms in total. The number of hydrogen-bond acceptors (Lipinski definition) is 0. The Bertz CT molecular complexity index is 223. The third-order valence-electron chi connectivity index (χ3n) is 4.87. The van der Waals surface area contributed by atoms with Gasteiger partial charge in [0, 0.05) is 0 Å². The minimum atomic E-state index is 0. The van der Waals surface area contributed by atoms with Gasteiger partial charge in [0.15, 0.2) is 0 Å². The molecule has 1 atom stereocenters. The van der Waals surface area contributed by atoms with Crippen molar-refractivity contribution in [1.82, 2.24) is 0 Å². The zero-order valence-electron chi connectivity index (χ0n) is 15.1. The molecular formula is C21H38Zr+2. The molecule has 1 unspecified atom stereocenters. The van der Waals surface area contributed by atoms with Crippen LogP contribution in [-0.4, -0.2) is 0 Å². The first-order valence-electron chi connectivity index (χ1n) is 9.77. The summed E-state index contributed by atoms with van der Waals surface area (Å²) in [6.45, 7) is 6.32. The predicted molar refractivity (Wildman–Crippen MR) is 95.1 cm³/mol. The predicted octanol–water partition coefficient (Wildman–Crippen LogP) is 7.44. The second-order valence-electron chi connectivity index (χ2n) is 6.93. The Morgan fingerprint density at radius 2 is 1.32 bits per heavy atom. The molecule has 0 saturated heterocycles. The molecule has 0 radical (unpaired) electrons. The maximum atomic E-state index is 4.10. The van der Waals surface area contributed by atoms with Crippen molar-refractivity contribution >= 4 is 0 Å². The van der Waals surface area contributed by atoms with Crippen molar-refractivity contribution in [3.05, 3.63) is 18.6 Å². The second-order valence-corrected chi connectivity index (χ2v) is 6.93. The Morgan fingerprint density at radius 1 is 0.864 bits per heavy atom. The van der Waals surface area contributed by atoms with Crippen LogP contribution in [0.15, 0.2) is 5.57 Å². The van der Waals surface area contributed by atoms with Crippen molar-refractivity contribution in [2.45, 2.75) is 110 Å². The topological polar surface area (TPSA) is 0 Å². The van der Waals surface area contributed by atoms with Gasteiger partial charge in [0.05, 0.1) is 0 Å². The summed E-state index contributed by atoms with van der Waals surface area (Å²) in [6.07, 6.45) is 26.1. The molecule has 3 rings (SSSR count). The fourth-order valence-electron chi connectivity index (χ4n) is 3.34. The van der Waals surface area contributed by atoms with Gasteiger partial charge in [-0.15, -0.1) is 0 Å². The van der Waals surface area contributed by atoms with Crippen molar-refractivity contribution in [2.24, 2.45) is 5.92 Å². The van der Waals surface area contributed by atoms with Crippen LogP contribution in [-0.2, 0) is 26.2 Å². The average molecular weight is 382 g/mol. The van der Waals surface area contributed by atoms with Gasteiger partial charge in [0.1, 0.15) is 0 Å². The SMILES string of the molecule is C1CCCC1.C1CCCC1.[CH2-]C1CCCC1=[C-]CCCC.[Zr+4]. The summed E-state index contributed by atoms with van der Waals surface area (Å²) in [5.41, 5.74) is 1.50. The van der Waals surface area contributed by atoms with Gasteiger partial charge in [-0.05, 0) is 0 Å². The summed E-state index contributed by atoms with van der Waals surface area (Å²) in [6, 6.07) is 0. The quantitative estimate of drug-likeness (QED) is 0.352. The fourth-order valence-corrected chi connectivity index (χ4v) is 3.34. The molecule has 0 heterocycles. The van der Waals surface area contributed by atoms with Crippen molar-refractivity contribution in [3.8, 4) is 0 Å². The van der Waals surface area contributed by atoms with E-state index in [1.165, 1.54) is 102 Å². The molecule has 0 aromatic carbocycles. The molecule has 3 fully saturated rings. The molecule has 0 N–H and O–H groups in total. The Balaban J connectivity index is 0.000000334. The first-order valence-corrected chi connectivity index (χ1v) is 9.77. The van der Waals surface area contributed by atoms with E-state index in [1.807, 2.05) is 0 Å². The normalized spacial score (nSPS) is 25.0. The van der Waals surface area contributed by atoms with Crippen molar-refractivity contribution in [3.63, 3.8) is 0 Å². The summed E-state index contributed by atoms with van der Waals surface area (Å²) < 4.78 is 0. The molecule has 22 heavy (non-hydrogen) atoms. The summed E-state index contributed by atoms with van der Waals surface area (Å²) in [7, 11) is 0. The van der Waals surface area contributed by atoms with Crippen molar-refractivity contribution < 1.29 is 26.2 Å². The van der Waals surface area contributed by atoms with Crippen LogP contribution >= 0.6 is 0 Å². The van der Waals surface area contributed by atoms with E-state index < -0.39 is 0 Å². The molecule has 0 bridgehead atoms. The molecule has 0 amide bonds. The van der Waals surface area contributed by atoms with Crippen LogP contribution in [0.4, 0.5) is 0 Å². The molecule has 124 valence electrons. The molecule has 1 heteroatoms. The van der Waals surface area contributed by atoms with Crippen LogP contribution in [0.3, 0.4) is 0 Å². The van der Waals surface area contributed by atoms with Gasteiger partial charge in [0.25, 0.3) is 0 Å². The largest absolute Gasteiger partial charge is 4.00 e. The fraction of sp³-hybridized carbons (Fsp3) is 0.857. The van der Waals surface area contributed by atoms with E-state index in [1.54, 1.807) is 0 Å². The third kappa shape index (κ3) is 12.1. The van der Waals surface area contributed by atoms with E-state index in [9.17, 15) is 0 Å². The second kappa shape index (κ2) is 16.5. The van der Waals surface area contributed by atoms with Gasteiger partial charge in [-0.2, -0.15) is 12.3 Å². The van der Waals surface area contributed by atoms with Gasteiger partial charge >= 0.3 is 26.2 Å². The van der Waals surface area contributed by atoms with Crippen LogP contribution in [0.25, 0.3) is 0 Å². The first kappa shape index (κ1) is 22.6. The molecular weight excluding hydrogens is 343 g/mol. The Morgan fingerprint density at radius 3 is 1.64 bits per heavy atom. The number of allylic oxidation sites excluding steroid dienone is 2. The smallest absolute Gasteiger partial charge is 0.499 e. The number of hydrogen-bond donors (Lipinski definition) is 0. The van der Waals surface area contributed by atoms with Crippen LogP contribution in [0.1, 0.15) is 110 Å². The molecule has 0 aliphatic heterocycles. The van der Waals surface area contributed by atoms with Crippen molar-refractivity contribution in [1.29, 1.82) is 0 Å². The molecule has 0 spiro atoms. The molecule has 3 aliphatic rings. The van der Waals surface area contributed by atoms with E-state index in [0.29, 0.717) is 5.92 Å². The van der Waals surface area contributed by atoms with Gasteiger partial charge < -0.3 is 13.0 Å². The summed E-state index contributed by atoms with van der Waals surface area (Å²) in [5.74, 6) is 0.590. The van der Waals surface area contributed by atoms with Gasteiger partial charge in [0.2, 0.25) is 0 Å². The molecule has 3 aliphatic carbocycles. The average Bonchev–Trinajstić information content (AvgIpc) is 3.27. The van der Waals surface area contributed by atoms with Gasteiger partial charge in [-0.25, -0.2) is 0 Å². The minimum Gasteiger partial charge on any atom is -0.499 e. The molecule has 0 aromatic heterocycles. The number of unbranched alkanes of at least 4 members (excludes halogenated alkanes) is 2. The van der Waals surface area contributed by atoms with Gasteiger partial charge in [-0.1, -0.05) is 103 Å². The minimum absolute atomic E-state index is 0. The maximum absolute atomic E-state index is 4.10. The van der Waals surface area contributed by atoms with Crippen LogP contribution in [0.5, 0.6) is 0 Å². The van der Waals surface area contributed by atoms with Crippen LogP contribution in [0, 0.1) is 18.9 Å². The van der Waals surface area contributed by atoms with Crippen LogP contribution < -0.4 is 0 Å². The van der Waals surface area contributed by atoms with E-state index in [-0.39, 0.29) is 26.2 Å². The summed E-state index contributed by atoms with van der Waals surface area (Å²) in [5, 5.41) is 0. The summed E-state index contributed by atoms with van der Waals surface area (Å²) >= 11 is 0. The zero-order valence-corrected chi connectivity index (χ0v) is 17.6. The van der Waals surface area contributed by atoms with E-state index in [4.69, 9.17) is 0 Å². The maximum Gasteiger partial charge on any atom is 4.00 e. The van der Waals surface area contributed by atoms with Crippen molar-refractivity contribution in [2.75, 3.05) is 0 Å².